The van der Waals surface area contributed by atoms with Crippen LogP contribution in [-0.2, 0) is 19.1 Å². The summed E-state index contributed by atoms with van der Waals surface area (Å²) < 4.78 is 9.94. The smallest absolute Gasteiger partial charge is 0.407 e. The summed E-state index contributed by atoms with van der Waals surface area (Å²) in [7, 11) is 1.29. The molecule has 2 aromatic carbocycles. The number of nitrogens with two attached hydrogens (primary N) is 1. The first-order valence-corrected chi connectivity index (χ1v) is 18.6. The molecule has 2 saturated heterocycles. The lowest BCUT2D eigenvalue weighted by molar-refractivity contribution is -0.143. The lowest BCUT2D eigenvalue weighted by atomic mass is 10.0. The summed E-state index contributed by atoms with van der Waals surface area (Å²) in [4.78, 5) is 70.5. The Balaban J connectivity index is 1.13. The highest BCUT2D eigenvalue weighted by atomic mass is 16.6. The van der Waals surface area contributed by atoms with Crippen molar-refractivity contribution in [1.29, 1.82) is 0 Å². The number of hydrogen-bond acceptors (Lipinski definition) is 8. The first kappa shape index (κ1) is 38.1. The number of carbonyl (C=O) groups excluding carboxylic acids is 4. The van der Waals surface area contributed by atoms with Crippen LogP contribution in [0.3, 0.4) is 0 Å². The number of ether oxygens (including phenoxy) is 2. The Morgan fingerprint density at radius 1 is 0.796 bits per heavy atom. The SMILES string of the molecule is COC(=O)N[C@H](C(=O)N1CCC[C@H]1c1nc(-c2ccc(-c3ccc(-c4nc([C@@H]5CCCN5C(=O)[C@@H](OC(N)=O)C(C)C)[nH]c4C)cc3)cc2)c[nH]1)C(C)C. The number of aromatic nitrogens is 4. The first-order chi connectivity index (χ1) is 25.9. The van der Waals surface area contributed by atoms with Gasteiger partial charge in [0.2, 0.25) is 5.91 Å². The quantitative estimate of drug-likeness (QED) is 0.139. The van der Waals surface area contributed by atoms with Crippen molar-refractivity contribution in [2.75, 3.05) is 20.2 Å². The van der Waals surface area contributed by atoms with E-state index in [-0.39, 0.29) is 35.7 Å². The third kappa shape index (κ3) is 7.97. The molecule has 2 aliphatic rings. The summed E-state index contributed by atoms with van der Waals surface area (Å²) in [6.07, 6.45) is 2.53. The van der Waals surface area contributed by atoms with Gasteiger partial charge in [-0.25, -0.2) is 19.6 Å². The fourth-order valence-electron chi connectivity index (χ4n) is 7.50. The Kier molecular flexibility index (Phi) is 11.4. The second kappa shape index (κ2) is 16.1. The summed E-state index contributed by atoms with van der Waals surface area (Å²) >= 11 is 0. The minimum atomic E-state index is -0.962. The number of H-pyrrole nitrogens is 2. The summed E-state index contributed by atoms with van der Waals surface area (Å²) in [5.74, 6) is 0.696. The van der Waals surface area contributed by atoms with Crippen molar-refractivity contribution >= 4 is 24.0 Å². The van der Waals surface area contributed by atoms with Crippen molar-refractivity contribution in [3.8, 4) is 33.6 Å². The summed E-state index contributed by atoms with van der Waals surface area (Å²) in [5, 5.41) is 2.69. The molecule has 5 N–H and O–H groups in total. The van der Waals surface area contributed by atoms with Crippen molar-refractivity contribution in [3.63, 3.8) is 0 Å². The van der Waals surface area contributed by atoms with E-state index in [1.807, 2.05) is 65.1 Å². The Hall–Kier alpha value is -5.66. The van der Waals surface area contributed by atoms with Gasteiger partial charge in [0.15, 0.2) is 6.10 Å². The van der Waals surface area contributed by atoms with Gasteiger partial charge in [-0.05, 0) is 55.6 Å². The fraction of sp³-hybridized carbons (Fsp3) is 0.450. The van der Waals surface area contributed by atoms with Crippen LogP contribution < -0.4 is 11.1 Å². The van der Waals surface area contributed by atoms with Gasteiger partial charge in [0.25, 0.3) is 5.91 Å². The topological polar surface area (TPSA) is 189 Å². The highest BCUT2D eigenvalue weighted by Crippen LogP contribution is 2.36. The molecule has 4 aromatic rings. The molecule has 4 heterocycles. The maximum Gasteiger partial charge on any atom is 0.407 e. The zero-order chi connectivity index (χ0) is 38.7. The molecule has 0 spiro atoms. The summed E-state index contributed by atoms with van der Waals surface area (Å²) in [5.41, 5.74) is 11.7. The van der Waals surface area contributed by atoms with E-state index in [1.54, 1.807) is 9.80 Å². The van der Waals surface area contributed by atoms with Crippen molar-refractivity contribution in [2.45, 2.75) is 84.5 Å². The number of nitrogens with zero attached hydrogens (tertiary/aromatic N) is 4. The average molecular weight is 739 g/mol. The van der Waals surface area contributed by atoms with Gasteiger partial charge in [-0.1, -0.05) is 76.2 Å². The van der Waals surface area contributed by atoms with E-state index >= 15 is 0 Å². The highest BCUT2D eigenvalue weighted by Gasteiger charge is 2.39. The molecule has 0 unspecified atom stereocenters. The van der Waals surface area contributed by atoms with Crippen LogP contribution in [-0.4, -0.2) is 86.1 Å². The molecule has 6 rings (SSSR count). The molecule has 0 bridgehead atoms. The van der Waals surface area contributed by atoms with Gasteiger partial charge in [-0.15, -0.1) is 0 Å². The number of likely N-dealkylation sites (tertiary alicyclic amines) is 2. The zero-order valence-corrected chi connectivity index (χ0v) is 31.7. The maximum absolute atomic E-state index is 13.5. The molecule has 14 nitrogen and oxygen atoms in total. The minimum absolute atomic E-state index is 0.107. The first-order valence-electron chi connectivity index (χ1n) is 18.6. The number of alkyl carbamates (subject to hydrolysis) is 1. The zero-order valence-electron chi connectivity index (χ0n) is 31.7. The van der Waals surface area contributed by atoms with Crippen LogP contribution in [0, 0.1) is 18.8 Å². The molecule has 4 amide bonds. The number of aryl methyl sites for hydroxylation is 1. The van der Waals surface area contributed by atoms with Crippen LogP contribution in [0.5, 0.6) is 0 Å². The third-order valence-electron chi connectivity index (χ3n) is 10.4. The van der Waals surface area contributed by atoms with Crippen LogP contribution in [0.25, 0.3) is 33.6 Å². The monoisotopic (exact) mass is 738 g/mol. The number of methoxy groups -OCH3 is 1. The minimum Gasteiger partial charge on any atom is -0.453 e. The van der Waals surface area contributed by atoms with E-state index in [4.69, 9.17) is 25.2 Å². The fourth-order valence-corrected chi connectivity index (χ4v) is 7.50. The lowest BCUT2D eigenvalue weighted by Gasteiger charge is -2.29. The molecule has 2 fully saturated rings. The number of amides is 4. The number of hydrogen-bond donors (Lipinski definition) is 4. The Bertz CT molecular complexity index is 1970. The van der Waals surface area contributed by atoms with Crippen LogP contribution in [0.4, 0.5) is 9.59 Å². The van der Waals surface area contributed by atoms with E-state index in [9.17, 15) is 19.2 Å². The van der Waals surface area contributed by atoms with Crippen molar-refractivity contribution < 1.29 is 28.7 Å². The lowest BCUT2D eigenvalue weighted by Crippen LogP contribution is -2.51. The van der Waals surface area contributed by atoms with Crippen molar-refractivity contribution in [1.82, 2.24) is 35.1 Å². The molecule has 0 aliphatic carbocycles. The van der Waals surface area contributed by atoms with Gasteiger partial charge in [-0.2, -0.15) is 0 Å². The Labute approximate surface area is 315 Å². The number of nitrogens with one attached hydrogen (secondary N) is 3. The Morgan fingerprint density at radius 2 is 1.35 bits per heavy atom. The molecule has 14 heteroatoms. The molecule has 0 radical (unpaired) electrons. The van der Waals surface area contributed by atoms with Crippen LogP contribution in [0.2, 0.25) is 0 Å². The maximum atomic E-state index is 13.5. The van der Waals surface area contributed by atoms with Gasteiger partial charge in [0.05, 0.1) is 30.6 Å². The second-order valence-electron chi connectivity index (χ2n) is 14.8. The van der Waals surface area contributed by atoms with E-state index in [0.717, 1.165) is 70.8 Å². The number of benzene rings is 2. The predicted octanol–water partition coefficient (Wildman–Crippen LogP) is 6.27. The number of primary amides is 1. The van der Waals surface area contributed by atoms with E-state index in [0.29, 0.717) is 18.9 Å². The van der Waals surface area contributed by atoms with Crippen LogP contribution in [0.15, 0.2) is 54.7 Å². The molecule has 4 atom stereocenters. The van der Waals surface area contributed by atoms with Crippen molar-refractivity contribution in [2.24, 2.45) is 17.6 Å². The van der Waals surface area contributed by atoms with E-state index in [1.165, 1.54) is 7.11 Å². The van der Waals surface area contributed by atoms with Gasteiger partial charge in [-0.3, -0.25) is 9.59 Å². The number of imidazole rings is 2. The number of carbonyl (C=O) groups is 4. The molecular formula is C40H50N8O6. The van der Waals surface area contributed by atoms with Crippen molar-refractivity contribution in [3.05, 3.63) is 72.1 Å². The molecule has 2 aromatic heterocycles. The standard InChI is InChI=1S/C40H50N8O6/c1-22(2)32(46-40(52)53-6)37(49)47-19-7-9-30(47)35-42-21-29(44-35)27-15-11-25(12-16-27)26-13-17-28(18-14-26)33-24(5)43-36(45-33)31-10-8-20-48(31)38(50)34(23(3)4)54-39(41)51/h11-18,21-23,30-32,34H,7-10,19-20H2,1-6H3,(H2,41,51)(H,42,44)(H,43,45)(H,46,52)/t30-,31-,32-,34-/m0/s1. The molecule has 286 valence electrons. The second-order valence-corrected chi connectivity index (χ2v) is 14.8. The van der Waals surface area contributed by atoms with Crippen LogP contribution >= 0.6 is 0 Å². The highest BCUT2D eigenvalue weighted by molar-refractivity contribution is 5.86. The normalized spacial score (nSPS) is 18.2. The molecule has 2 aliphatic heterocycles. The van der Waals surface area contributed by atoms with Crippen LogP contribution in [0.1, 0.15) is 82.8 Å². The third-order valence-corrected chi connectivity index (χ3v) is 10.4. The molecular weight excluding hydrogens is 688 g/mol. The summed E-state index contributed by atoms with van der Waals surface area (Å²) in [6, 6.07) is 15.3. The molecule has 0 saturated carbocycles. The van der Waals surface area contributed by atoms with E-state index in [2.05, 4.69) is 39.6 Å². The largest absolute Gasteiger partial charge is 0.453 e. The average Bonchev–Trinajstić information content (AvgIpc) is 3.99. The Morgan fingerprint density at radius 3 is 1.91 bits per heavy atom. The number of aromatic amines is 2. The molecule has 54 heavy (non-hydrogen) atoms. The van der Waals surface area contributed by atoms with E-state index < -0.39 is 24.3 Å². The van der Waals surface area contributed by atoms with Gasteiger partial charge in [0.1, 0.15) is 17.7 Å². The van der Waals surface area contributed by atoms with Gasteiger partial charge < -0.3 is 40.3 Å². The summed E-state index contributed by atoms with van der Waals surface area (Å²) in [6.45, 7) is 10.6. The van der Waals surface area contributed by atoms with Gasteiger partial charge in [0, 0.05) is 36.1 Å². The number of rotatable bonds is 11. The predicted molar refractivity (Wildman–Crippen MR) is 203 cm³/mol. The van der Waals surface area contributed by atoms with Gasteiger partial charge >= 0.3 is 12.2 Å².